The number of amides is 1. The van der Waals surface area contributed by atoms with Crippen molar-refractivity contribution >= 4 is 21.6 Å². The topological polar surface area (TPSA) is 76.2 Å². The third-order valence-electron chi connectivity index (χ3n) is 3.94. The van der Waals surface area contributed by atoms with Crippen molar-refractivity contribution in [3.63, 3.8) is 0 Å². The van der Waals surface area contributed by atoms with Crippen LogP contribution in [0.1, 0.15) is 0 Å². The molecule has 2 aromatic rings. The number of rotatable bonds is 7. The number of likely N-dealkylation sites (N-methyl/N-ethyl adjacent to an activating group) is 2. The second-order valence-electron chi connectivity index (χ2n) is 5.57. The molecule has 140 valence electrons. The number of anilines is 1. The van der Waals surface area contributed by atoms with Gasteiger partial charge < -0.3 is 14.4 Å². The predicted octanol–water partition coefficient (Wildman–Crippen LogP) is 1.99. The van der Waals surface area contributed by atoms with E-state index in [1.807, 2.05) is 18.2 Å². The summed E-state index contributed by atoms with van der Waals surface area (Å²) in [6.45, 7) is -0.290. The summed E-state index contributed by atoms with van der Waals surface area (Å²) in [5.74, 6) is 0.381. The Hall–Kier alpha value is -2.58. The Morgan fingerprint density at radius 3 is 2.15 bits per heavy atom. The highest BCUT2D eigenvalue weighted by atomic mass is 32.2. The van der Waals surface area contributed by atoms with E-state index in [2.05, 4.69) is 0 Å². The van der Waals surface area contributed by atoms with Gasteiger partial charge in [0.2, 0.25) is 15.9 Å². The number of ether oxygens (including phenoxy) is 2. The van der Waals surface area contributed by atoms with E-state index < -0.39 is 10.0 Å². The molecule has 0 aliphatic carbocycles. The molecule has 0 aliphatic rings. The number of para-hydroxylation sites is 1. The molecule has 0 heterocycles. The first-order valence-corrected chi connectivity index (χ1v) is 9.25. The van der Waals surface area contributed by atoms with Crippen LogP contribution in [0.25, 0.3) is 0 Å². The van der Waals surface area contributed by atoms with E-state index in [-0.39, 0.29) is 17.3 Å². The van der Waals surface area contributed by atoms with Crippen molar-refractivity contribution in [1.29, 1.82) is 0 Å². The monoisotopic (exact) mass is 378 g/mol. The van der Waals surface area contributed by atoms with Gasteiger partial charge in [0.25, 0.3) is 0 Å². The number of benzene rings is 2. The molecule has 2 rings (SSSR count). The summed E-state index contributed by atoms with van der Waals surface area (Å²) in [7, 11) is 2.01. The van der Waals surface area contributed by atoms with Gasteiger partial charge in [0.15, 0.2) is 11.5 Å². The molecular weight excluding hydrogens is 356 g/mol. The Labute approximate surface area is 153 Å². The maximum absolute atomic E-state index is 12.8. The van der Waals surface area contributed by atoms with Gasteiger partial charge in [0.05, 0.1) is 25.7 Å². The Morgan fingerprint density at radius 2 is 1.58 bits per heavy atom. The molecule has 7 nitrogen and oxygen atoms in total. The Morgan fingerprint density at radius 1 is 0.962 bits per heavy atom. The van der Waals surface area contributed by atoms with Crippen LogP contribution in [0.4, 0.5) is 5.69 Å². The molecule has 2 aromatic carbocycles. The molecule has 0 saturated carbocycles. The molecule has 8 heteroatoms. The quantitative estimate of drug-likeness (QED) is 0.736. The van der Waals surface area contributed by atoms with Gasteiger partial charge in [-0.05, 0) is 24.3 Å². The van der Waals surface area contributed by atoms with Crippen LogP contribution in [-0.4, -0.2) is 53.5 Å². The second kappa shape index (κ2) is 8.20. The first kappa shape index (κ1) is 19.7. The van der Waals surface area contributed by atoms with Crippen molar-refractivity contribution < 1.29 is 22.7 Å². The zero-order valence-electron chi connectivity index (χ0n) is 15.2. The Balaban J connectivity index is 2.20. The SMILES string of the molecule is COc1ccc(S(=O)(=O)N(C)CC(=O)N(C)c2ccccc2)cc1OC. The highest BCUT2D eigenvalue weighted by Gasteiger charge is 2.25. The molecule has 0 bridgehead atoms. The number of carbonyl (C=O) groups excluding carboxylic acids is 1. The standard InChI is InChI=1S/C18H22N2O5S/c1-19(13-18(21)20(2)14-8-6-5-7-9-14)26(22,23)15-10-11-16(24-3)17(12-15)25-4/h5-12H,13H2,1-4H3. The molecule has 0 aromatic heterocycles. The van der Waals surface area contributed by atoms with E-state index in [1.54, 1.807) is 19.2 Å². The molecule has 0 saturated heterocycles. The largest absolute Gasteiger partial charge is 0.493 e. The number of nitrogens with zero attached hydrogens (tertiary/aromatic N) is 2. The molecule has 0 aliphatic heterocycles. The lowest BCUT2D eigenvalue weighted by Crippen LogP contribution is -2.39. The summed E-state index contributed by atoms with van der Waals surface area (Å²) in [4.78, 5) is 13.9. The van der Waals surface area contributed by atoms with Crippen molar-refractivity contribution in [3.8, 4) is 11.5 Å². The lowest BCUT2D eigenvalue weighted by molar-refractivity contribution is -0.118. The fraction of sp³-hybridized carbons (Fsp3) is 0.278. The smallest absolute Gasteiger partial charge is 0.243 e. The van der Waals surface area contributed by atoms with Gasteiger partial charge in [-0.25, -0.2) is 8.42 Å². The minimum atomic E-state index is -3.86. The van der Waals surface area contributed by atoms with Crippen molar-refractivity contribution in [1.82, 2.24) is 4.31 Å². The molecule has 0 atom stereocenters. The molecule has 0 radical (unpaired) electrons. The minimum Gasteiger partial charge on any atom is -0.493 e. The average molecular weight is 378 g/mol. The molecule has 1 amide bonds. The van der Waals surface area contributed by atoms with Crippen LogP contribution in [0.2, 0.25) is 0 Å². The van der Waals surface area contributed by atoms with E-state index >= 15 is 0 Å². The maximum Gasteiger partial charge on any atom is 0.243 e. The highest BCUT2D eigenvalue weighted by Crippen LogP contribution is 2.30. The van der Waals surface area contributed by atoms with Gasteiger partial charge in [-0.2, -0.15) is 4.31 Å². The maximum atomic E-state index is 12.8. The molecular formula is C18H22N2O5S. The number of hydrogen-bond donors (Lipinski definition) is 0. The molecule has 26 heavy (non-hydrogen) atoms. The highest BCUT2D eigenvalue weighted by molar-refractivity contribution is 7.89. The van der Waals surface area contributed by atoms with Gasteiger partial charge in [-0.15, -0.1) is 0 Å². The van der Waals surface area contributed by atoms with Crippen LogP contribution in [0, 0.1) is 0 Å². The fourth-order valence-electron chi connectivity index (χ4n) is 2.33. The van der Waals surface area contributed by atoms with E-state index in [4.69, 9.17) is 9.47 Å². The first-order valence-electron chi connectivity index (χ1n) is 7.81. The first-order chi connectivity index (χ1) is 12.3. The van der Waals surface area contributed by atoms with E-state index in [9.17, 15) is 13.2 Å². The number of hydrogen-bond acceptors (Lipinski definition) is 5. The predicted molar refractivity (Wildman–Crippen MR) is 99.2 cm³/mol. The second-order valence-corrected chi connectivity index (χ2v) is 7.61. The van der Waals surface area contributed by atoms with Gasteiger partial charge in [-0.1, -0.05) is 18.2 Å². The van der Waals surface area contributed by atoms with Gasteiger partial charge in [0, 0.05) is 25.8 Å². The van der Waals surface area contributed by atoms with Crippen LogP contribution in [0.15, 0.2) is 53.4 Å². The van der Waals surface area contributed by atoms with Gasteiger partial charge in [-0.3, -0.25) is 4.79 Å². The zero-order chi connectivity index (χ0) is 19.3. The third-order valence-corrected chi connectivity index (χ3v) is 5.74. The summed E-state index contributed by atoms with van der Waals surface area (Å²) < 4.78 is 36.8. The van der Waals surface area contributed by atoms with Crippen molar-refractivity contribution in [2.24, 2.45) is 0 Å². The lowest BCUT2D eigenvalue weighted by atomic mass is 10.3. The molecule has 0 N–H and O–H groups in total. The number of sulfonamides is 1. The number of methoxy groups -OCH3 is 2. The normalized spacial score (nSPS) is 11.3. The van der Waals surface area contributed by atoms with E-state index in [0.717, 1.165) is 4.31 Å². The van der Waals surface area contributed by atoms with Gasteiger partial charge >= 0.3 is 0 Å². The van der Waals surface area contributed by atoms with Crippen LogP contribution >= 0.6 is 0 Å². The minimum absolute atomic E-state index is 0.0211. The lowest BCUT2D eigenvalue weighted by Gasteiger charge is -2.22. The summed E-state index contributed by atoms with van der Waals surface area (Å²) >= 11 is 0. The van der Waals surface area contributed by atoms with Crippen molar-refractivity contribution in [2.75, 3.05) is 39.8 Å². The van der Waals surface area contributed by atoms with Crippen LogP contribution < -0.4 is 14.4 Å². The Bertz CT molecular complexity index is 868. The summed E-state index contributed by atoms with van der Waals surface area (Å²) in [6, 6.07) is 13.3. The van der Waals surface area contributed by atoms with Crippen LogP contribution in [0.5, 0.6) is 11.5 Å². The van der Waals surface area contributed by atoms with Gasteiger partial charge in [0.1, 0.15) is 0 Å². The summed E-state index contributed by atoms with van der Waals surface area (Å²) in [5.41, 5.74) is 0.689. The molecule has 0 fully saturated rings. The van der Waals surface area contributed by atoms with E-state index in [1.165, 1.54) is 44.4 Å². The van der Waals surface area contributed by atoms with E-state index in [0.29, 0.717) is 17.2 Å². The fourth-order valence-corrected chi connectivity index (χ4v) is 3.47. The van der Waals surface area contributed by atoms with Crippen LogP contribution in [0.3, 0.4) is 0 Å². The van der Waals surface area contributed by atoms with Crippen molar-refractivity contribution in [2.45, 2.75) is 4.90 Å². The summed E-state index contributed by atoms with van der Waals surface area (Å²) in [5, 5.41) is 0. The van der Waals surface area contributed by atoms with Crippen LogP contribution in [-0.2, 0) is 14.8 Å². The molecule has 0 spiro atoms. The summed E-state index contributed by atoms with van der Waals surface area (Å²) in [6.07, 6.45) is 0. The third kappa shape index (κ3) is 4.14. The molecule has 0 unspecified atom stereocenters. The van der Waals surface area contributed by atoms with Crippen molar-refractivity contribution in [3.05, 3.63) is 48.5 Å². The average Bonchev–Trinajstić information content (AvgIpc) is 2.67. The number of carbonyl (C=O) groups is 1. The Kier molecular flexibility index (Phi) is 6.23. The zero-order valence-corrected chi connectivity index (χ0v) is 16.0.